The van der Waals surface area contributed by atoms with Crippen LogP contribution in [0.5, 0.6) is 0 Å². The van der Waals surface area contributed by atoms with Gasteiger partial charge in [-0.3, -0.25) is 5.43 Å². The molecule has 130 valence electrons. The molecule has 0 saturated heterocycles. The van der Waals surface area contributed by atoms with E-state index in [1.807, 2.05) is 0 Å². The van der Waals surface area contributed by atoms with Crippen LogP contribution in [0.3, 0.4) is 0 Å². The lowest BCUT2D eigenvalue weighted by molar-refractivity contribution is -0.137. The molecule has 1 heterocycles. The summed E-state index contributed by atoms with van der Waals surface area (Å²) in [4.78, 5) is 11.9. The number of alkyl halides is 3. The van der Waals surface area contributed by atoms with Crippen LogP contribution in [0, 0.1) is 0 Å². The highest BCUT2D eigenvalue weighted by Crippen LogP contribution is 2.36. The van der Waals surface area contributed by atoms with E-state index in [2.05, 4.69) is 5.43 Å². The average molecular weight is 341 g/mol. The number of amides is 1. The van der Waals surface area contributed by atoms with Crippen molar-refractivity contribution >= 4 is 17.4 Å². The largest absolute Gasteiger partial charge is 0.442 e. The molecule has 0 unspecified atom stereocenters. The summed E-state index contributed by atoms with van der Waals surface area (Å²) in [5.41, 5.74) is 6.77. The van der Waals surface area contributed by atoms with Gasteiger partial charge in [0.2, 0.25) is 0 Å². The van der Waals surface area contributed by atoms with E-state index < -0.39 is 23.4 Å². The van der Waals surface area contributed by atoms with E-state index in [1.54, 1.807) is 20.8 Å². The second-order valence-corrected chi connectivity index (χ2v) is 6.20. The number of nitrogens with one attached hydrogen (secondary N) is 1. The third-order valence-corrected chi connectivity index (χ3v) is 3.01. The Hall–Kier alpha value is -2.64. The van der Waals surface area contributed by atoms with Crippen LogP contribution in [0.15, 0.2) is 36.7 Å². The van der Waals surface area contributed by atoms with Crippen molar-refractivity contribution in [2.45, 2.75) is 32.5 Å². The van der Waals surface area contributed by atoms with Crippen molar-refractivity contribution in [3.63, 3.8) is 0 Å². The van der Waals surface area contributed by atoms with E-state index in [9.17, 15) is 18.0 Å². The minimum Gasteiger partial charge on any atom is -0.442 e. The SMILES string of the molecule is CC(C)(C)OC(=O)N1C=CC(c2ccc(N)cc2C(F)(F)F)=CN1. The maximum absolute atomic E-state index is 13.2. The molecule has 1 aromatic carbocycles. The third kappa shape index (κ3) is 4.21. The number of benzene rings is 1. The van der Waals surface area contributed by atoms with E-state index in [0.717, 1.165) is 11.1 Å². The lowest BCUT2D eigenvalue weighted by Gasteiger charge is -2.27. The number of carbonyl (C=O) groups is 1. The zero-order valence-electron chi connectivity index (χ0n) is 13.4. The smallest absolute Gasteiger partial charge is 0.433 e. The van der Waals surface area contributed by atoms with E-state index in [0.29, 0.717) is 0 Å². The normalized spacial score (nSPS) is 14.9. The molecular weight excluding hydrogens is 323 g/mol. The lowest BCUT2D eigenvalue weighted by Crippen LogP contribution is -2.40. The van der Waals surface area contributed by atoms with Crippen molar-refractivity contribution < 1.29 is 22.7 Å². The Bertz CT molecular complexity index is 703. The highest BCUT2D eigenvalue weighted by Gasteiger charge is 2.34. The molecule has 1 amide bonds. The van der Waals surface area contributed by atoms with Crippen LogP contribution >= 0.6 is 0 Å². The standard InChI is InChI=1S/C16H18F3N3O2/c1-15(2,3)24-14(23)22-7-6-10(9-21-22)12-5-4-11(20)8-13(12)16(17,18)19/h4-9,21H,20H2,1-3H3. The predicted molar refractivity (Wildman–Crippen MR) is 84.2 cm³/mol. The molecule has 2 rings (SSSR count). The Morgan fingerprint density at radius 2 is 1.92 bits per heavy atom. The summed E-state index contributed by atoms with van der Waals surface area (Å²) in [5, 5.41) is 1.04. The van der Waals surface area contributed by atoms with Gasteiger partial charge in [0.05, 0.1) is 5.56 Å². The monoisotopic (exact) mass is 341 g/mol. The summed E-state index contributed by atoms with van der Waals surface area (Å²) < 4.78 is 44.6. The first kappa shape index (κ1) is 17.7. The maximum atomic E-state index is 13.2. The first-order chi connectivity index (χ1) is 11.0. The molecule has 0 aliphatic carbocycles. The molecule has 1 aliphatic rings. The van der Waals surface area contributed by atoms with E-state index in [-0.39, 0.29) is 16.8 Å². The fourth-order valence-electron chi connectivity index (χ4n) is 2.03. The van der Waals surface area contributed by atoms with Crippen molar-refractivity contribution in [3.05, 3.63) is 47.8 Å². The Morgan fingerprint density at radius 1 is 1.25 bits per heavy atom. The summed E-state index contributed by atoms with van der Waals surface area (Å²) in [5.74, 6) is 0. The van der Waals surface area contributed by atoms with Gasteiger partial charge in [-0.2, -0.15) is 18.2 Å². The van der Waals surface area contributed by atoms with E-state index in [4.69, 9.17) is 10.5 Å². The number of rotatable bonds is 1. The molecule has 5 nitrogen and oxygen atoms in total. The van der Waals surface area contributed by atoms with Crippen molar-refractivity contribution in [1.29, 1.82) is 0 Å². The Labute approximate surface area is 137 Å². The minimum absolute atomic E-state index is 0.0230. The van der Waals surface area contributed by atoms with Gasteiger partial charge < -0.3 is 10.5 Å². The van der Waals surface area contributed by atoms with Gasteiger partial charge in [0, 0.05) is 23.7 Å². The number of halogens is 3. The molecule has 0 fully saturated rings. The molecule has 0 atom stereocenters. The molecule has 0 aromatic heterocycles. The van der Waals surface area contributed by atoms with E-state index >= 15 is 0 Å². The summed E-state index contributed by atoms with van der Waals surface area (Å²) in [6.07, 6.45) is -1.21. The second kappa shape index (κ2) is 6.10. The zero-order chi connectivity index (χ0) is 18.1. The summed E-state index contributed by atoms with van der Waals surface area (Å²) in [7, 11) is 0. The maximum Gasteiger partial charge on any atom is 0.433 e. The summed E-state index contributed by atoms with van der Waals surface area (Å²) >= 11 is 0. The molecule has 8 heteroatoms. The Morgan fingerprint density at radius 3 is 2.42 bits per heavy atom. The van der Waals surface area contributed by atoms with Gasteiger partial charge in [-0.05, 0) is 44.5 Å². The molecule has 1 aromatic rings. The third-order valence-electron chi connectivity index (χ3n) is 3.01. The first-order valence-electron chi connectivity index (χ1n) is 7.11. The number of hydrazine groups is 1. The van der Waals surface area contributed by atoms with E-state index in [1.165, 1.54) is 30.6 Å². The van der Waals surface area contributed by atoms with Crippen LogP contribution in [0.1, 0.15) is 31.9 Å². The second-order valence-electron chi connectivity index (χ2n) is 6.20. The number of nitrogens with two attached hydrogens (primary N) is 1. The highest BCUT2D eigenvalue weighted by atomic mass is 19.4. The van der Waals surface area contributed by atoms with Crippen molar-refractivity contribution in [2.75, 3.05) is 5.73 Å². The van der Waals surface area contributed by atoms with Gasteiger partial charge in [0.15, 0.2) is 0 Å². The Kier molecular flexibility index (Phi) is 4.50. The molecule has 24 heavy (non-hydrogen) atoms. The lowest BCUT2D eigenvalue weighted by atomic mass is 9.98. The number of nitrogen functional groups attached to an aromatic ring is 1. The van der Waals surface area contributed by atoms with Crippen LogP contribution < -0.4 is 11.2 Å². The fraction of sp³-hybridized carbons (Fsp3) is 0.312. The Balaban J connectivity index is 2.23. The number of allylic oxidation sites excluding steroid dienone is 2. The number of carbonyl (C=O) groups excluding carboxylic acids is 1. The van der Waals surface area contributed by atoms with Crippen LogP contribution in [-0.2, 0) is 10.9 Å². The zero-order valence-corrected chi connectivity index (χ0v) is 13.4. The van der Waals surface area contributed by atoms with Crippen LogP contribution in [0.4, 0.5) is 23.7 Å². The first-order valence-corrected chi connectivity index (χ1v) is 7.11. The number of hydrogen-bond donors (Lipinski definition) is 2. The van der Waals surface area contributed by atoms with Crippen molar-refractivity contribution in [3.8, 4) is 0 Å². The highest BCUT2D eigenvalue weighted by molar-refractivity contribution is 5.80. The van der Waals surface area contributed by atoms with Crippen molar-refractivity contribution in [1.82, 2.24) is 10.4 Å². The molecule has 1 aliphatic heterocycles. The van der Waals surface area contributed by atoms with Gasteiger partial charge in [-0.15, -0.1) is 0 Å². The quantitative estimate of drug-likeness (QED) is 0.760. The van der Waals surface area contributed by atoms with Crippen LogP contribution in [0.2, 0.25) is 0 Å². The number of hydrogen-bond acceptors (Lipinski definition) is 4. The molecule has 0 radical (unpaired) electrons. The van der Waals surface area contributed by atoms with Crippen LogP contribution in [0.25, 0.3) is 5.57 Å². The fourth-order valence-corrected chi connectivity index (χ4v) is 2.03. The van der Waals surface area contributed by atoms with Crippen molar-refractivity contribution in [2.24, 2.45) is 0 Å². The summed E-state index contributed by atoms with van der Waals surface area (Å²) in [6, 6.07) is 3.56. The van der Waals surface area contributed by atoms with Gasteiger partial charge in [-0.1, -0.05) is 6.07 Å². The number of anilines is 1. The topological polar surface area (TPSA) is 67.6 Å². The molecule has 0 saturated carbocycles. The summed E-state index contributed by atoms with van der Waals surface area (Å²) in [6.45, 7) is 5.14. The predicted octanol–water partition coefficient (Wildman–Crippen LogP) is 3.90. The molecule has 3 N–H and O–H groups in total. The van der Waals surface area contributed by atoms with Gasteiger partial charge >= 0.3 is 12.3 Å². The van der Waals surface area contributed by atoms with Gasteiger partial charge in [0.1, 0.15) is 5.60 Å². The van der Waals surface area contributed by atoms with Gasteiger partial charge in [0.25, 0.3) is 0 Å². The molecular formula is C16H18F3N3O2. The molecule has 0 spiro atoms. The average Bonchev–Trinajstić information content (AvgIpc) is 2.44. The number of nitrogens with zero attached hydrogens (tertiary/aromatic N) is 1. The van der Waals surface area contributed by atoms with Gasteiger partial charge in [-0.25, -0.2) is 4.79 Å². The van der Waals surface area contributed by atoms with Crippen LogP contribution in [-0.4, -0.2) is 16.7 Å². The minimum atomic E-state index is -4.54. The molecule has 0 bridgehead atoms. The number of ether oxygens (including phenoxy) is 1.